The number of nitrogens with one attached hydrogen (secondary N) is 2. The molecule has 1 aliphatic rings. The molecule has 100 valence electrons. The molecule has 0 aromatic heterocycles. The Hall–Kier alpha value is -0.950. The Kier molecular flexibility index (Phi) is 4.01. The molecule has 2 rings (SSSR count). The third-order valence-corrected chi connectivity index (χ3v) is 4.66. The van der Waals surface area contributed by atoms with Gasteiger partial charge in [0.25, 0.3) is 10.2 Å². The molecule has 1 aromatic carbocycles. The van der Waals surface area contributed by atoms with Gasteiger partial charge in [-0.3, -0.25) is 0 Å². The molecule has 0 fully saturated rings. The van der Waals surface area contributed by atoms with E-state index in [0.29, 0.717) is 6.54 Å². The van der Waals surface area contributed by atoms with Crippen molar-refractivity contribution in [2.24, 2.45) is 0 Å². The van der Waals surface area contributed by atoms with Crippen molar-refractivity contribution in [1.82, 2.24) is 14.3 Å². The predicted molar refractivity (Wildman–Crippen MR) is 71.5 cm³/mol. The second kappa shape index (κ2) is 5.36. The largest absolute Gasteiger partial charge is 0.308 e. The summed E-state index contributed by atoms with van der Waals surface area (Å²) in [6.07, 6.45) is 0.993. The van der Waals surface area contributed by atoms with E-state index < -0.39 is 10.2 Å². The van der Waals surface area contributed by atoms with Crippen LogP contribution in [0.4, 0.5) is 0 Å². The molecule has 2 N–H and O–H groups in total. The van der Waals surface area contributed by atoms with Crippen molar-refractivity contribution in [1.29, 1.82) is 0 Å². The third kappa shape index (κ3) is 2.89. The maximum atomic E-state index is 11.7. The third-order valence-electron chi connectivity index (χ3n) is 3.17. The fourth-order valence-corrected chi connectivity index (χ4v) is 2.73. The van der Waals surface area contributed by atoms with Crippen LogP contribution in [0.1, 0.15) is 17.2 Å². The van der Waals surface area contributed by atoms with Gasteiger partial charge in [-0.05, 0) is 24.1 Å². The van der Waals surface area contributed by atoms with Gasteiger partial charge in [0.15, 0.2) is 0 Å². The summed E-state index contributed by atoms with van der Waals surface area (Å²) in [5.74, 6) is 0. The zero-order valence-electron chi connectivity index (χ0n) is 10.7. The van der Waals surface area contributed by atoms with Gasteiger partial charge in [-0.2, -0.15) is 12.7 Å². The summed E-state index contributed by atoms with van der Waals surface area (Å²) in [4.78, 5) is 0. The molecule has 18 heavy (non-hydrogen) atoms. The van der Waals surface area contributed by atoms with Gasteiger partial charge in [0.2, 0.25) is 0 Å². The fraction of sp³-hybridized carbons (Fsp3) is 0.500. The standard InChI is InChI=1S/C12H19N3O2S/c1-15(2)18(16,17)14-9-12-11-6-4-3-5-10(11)7-8-13-12/h3-6,12-14H,7-9H2,1-2H3. The molecule has 0 saturated heterocycles. The minimum Gasteiger partial charge on any atom is -0.308 e. The lowest BCUT2D eigenvalue weighted by molar-refractivity contribution is 0.469. The molecule has 1 aromatic rings. The molecule has 0 amide bonds. The average Bonchev–Trinajstić information content (AvgIpc) is 2.36. The number of nitrogens with zero attached hydrogens (tertiary/aromatic N) is 1. The molecule has 0 spiro atoms. The number of fused-ring (bicyclic) bond motifs is 1. The molecule has 1 unspecified atom stereocenters. The topological polar surface area (TPSA) is 61.4 Å². The van der Waals surface area contributed by atoms with Gasteiger partial charge in [0.05, 0.1) is 0 Å². The quantitative estimate of drug-likeness (QED) is 0.825. The van der Waals surface area contributed by atoms with Crippen LogP contribution in [0.2, 0.25) is 0 Å². The highest BCUT2D eigenvalue weighted by Gasteiger charge is 2.21. The molecule has 6 heteroatoms. The first-order valence-corrected chi connectivity index (χ1v) is 7.43. The highest BCUT2D eigenvalue weighted by molar-refractivity contribution is 7.87. The molecule has 1 atom stereocenters. The van der Waals surface area contributed by atoms with E-state index >= 15 is 0 Å². The van der Waals surface area contributed by atoms with Crippen molar-refractivity contribution in [2.75, 3.05) is 27.2 Å². The molecule has 1 aliphatic heterocycles. The summed E-state index contributed by atoms with van der Waals surface area (Å²) < 4.78 is 27.1. The summed E-state index contributed by atoms with van der Waals surface area (Å²) in [5.41, 5.74) is 2.48. The molecule has 0 aliphatic carbocycles. The van der Waals surface area contributed by atoms with Crippen molar-refractivity contribution in [2.45, 2.75) is 12.5 Å². The fourth-order valence-electron chi connectivity index (χ4n) is 2.09. The number of benzene rings is 1. The first kappa shape index (κ1) is 13.5. The lowest BCUT2D eigenvalue weighted by Crippen LogP contribution is -2.42. The van der Waals surface area contributed by atoms with Crippen LogP contribution in [0.15, 0.2) is 24.3 Å². The van der Waals surface area contributed by atoms with Gasteiger partial charge < -0.3 is 5.32 Å². The second-order valence-electron chi connectivity index (χ2n) is 4.59. The van der Waals surface area contributed by atoms with Crippen molar-refractivity contribution in [3.8, 4) is 0 Å². The van der Waals surface area contributed by atoms with Crippen LogP contribution in [0.3, 0.4) is 0 Å². The SMILES string of the molecule is CN(C)S(=O)(=O)NCC1NCCc2ccccc21. The van der Waals surface area contributed by atoms with E-state index in [2.05, 4.69) is 22.2 Å². The van der Waals surface area contributed by atoms with Crippen LogP contribution in [-0.4, -0.2) is 39.9 Å². The van der Waals surface area contributed by atoms with Gasteiger partial charge in [-0.25, -0.2) is 4.72 Å². The Morgan fingerprint density at radius 2 is 2.11 bits per heavy atom. The molecule has 0 bridgehead atoms. The van der Waals surface area contributed by atoms with Crippen molar-refractivity contribution in [3.63, 3.8) is 0 Å². The van der Waals surface area contributed by atoms with Crippen molar-refractivity contribution in [3.05, 3.63) is 35.4 Å². The number of hydrogen-bond donors (Lipinski definition) is 2. The Morgan fingerprint density at radius 1 is 1.39 bits per heavy atom. The summed E-state index contributed by atoms with van der Waals surface area (Å²) in [5, 5.41) is 3.34. The van der Waals surface area contributed by atoms with E-state index in [9.17, 15) is 8.42 Å². The van der Waals surface area contributed by atoms with Crippen LogP contribution >= 0.6 is 0 Å². The zero-order chi connectivity index (χ0) is 13.2. The molecular formula is C12H19N3O2S. The highest BCUT2D eigenvalue weighted by Crippen LogP contribution is 2.21. The predicted octanol–water partition coefficient (Wildman–Crippen LogP) is 0.269. The minimum atomic E-state index is -3.36. The Labute approximate surface area is 108 Å². The van der Waals surface area contributed by atoms with Gasteiger partial charge in [0.1, 0.15) is 0 Å². The lowest BCUT2D eigenvalue weighted by Gasteiger charge is -2.27. The summed E-state index contributed by atoms with van der Waals surface area (Å²) in [6.45, 7) is 1.25. The molecular weight excluding hydrogens is 250 g/mol. The lowest BCUT2D eigenvalue weighted by atomic mass is 9.95. The number of rotatable bonds is 4. The van der Waals surface area contributed by atoms with Crippen LogP contribution in [-0.2, 0) is 16.6 Å². The summed E-state index contributed by atoms with van der Waals surface area (Å²) in [7, 11) is -0.320. The van der Waals surface area contributed by atoms with E-state index in [1.54, 1.807) is 0 Å². The Morgan fingerprint density at radius 3 is 2.83 bits per heavy atom. The number of hydrogen-bond acceptors (Lipinski definition) is 3. The normalized spacial score (nSPS) is 19.8. The van der Waals surface area contributed by atoms with Crippen LogP contribution in [0, 0.1) is 0 Å². The van der Waals surface area contributed by atoms with Gasteiger partial charge in [-0.1, -0.05) is 24.3 Å². The second-order valence-corrected chi connectivity index (χ2v) is 6.56. The maximum absolute atomic E-state index is 11.7. The maximum Gasteiger partial charge on any atom is 0.278 e. The Bertz CT molecular complexity index is 514. The van der Waals surface area contributed by atoms with Crippen LogP contribution in [0.25, 0.3) is 0 Å². The highest BCUT2D eigenvalue weighted by atomic mass is 32.2. The van der Waals surface area contributed by atoms with E-state index in [-0.39, 0.29) is 6.04 Å². The van der Waals surface area contributed by atoms with E-state index in [4.69, 9.17) is 0 Å². The van der Waals surface area contributed by atoms with E-state index in [1.807, 2.05) is 12.1 Å². The van der Waals surface area contributed by atoms with Gasteiger partial charge in [-0.15, -0.1) is 0 Å². The summed E-state index contributed by atoms with van der Waals surface area (Å²) in [6, 6.07) is 8.20. The van der Waals surface area contributed by atoms with Crippen molar-refractivity contribution < 1.29 is 8.42 Å². The molecule has 0 saturated carbocycles. The van der Waals surface area contributed by atoms with Crippen LogP contribution < -0.4 is 10.0 Å². The Balaban J connectivity index is 2.09. The minimum absolute atomic E-state index is 0.0460. The van der Waals surface area contributed by atoms with E-state index in [0.717, 1.165) is 13.0 Å². The van der Waals surface area contributed by atoms with Crippen molar-refractivity contribution >= 4 is 10.2 Å². The zero-order valence-corrected chi connectivity index (χ0v) is 11.5. The van der Waals surface area contributed by atoms with Crippen LogP contribution in [0.5, 0.6) is 0 Å². The first-order chi connectivity index (χ1) is 8.50. The van der Waals surface area contributed by atoms with E-state index in [1.165, 1.54) is 29.5 Å². The molecule has 1 heterocycles. The monoisotopic (exact) mass is 269 g/mol. The first-order valence-electron chi connectivity index (χ1n) is 5.99. The summed E-state index contributed by atoms with van der Waals surface area (Å²) >= 11 is 0. The molecule has 0 radical (unpaired) electrons. The smallest absolute Gasteiger partial charge is 0.278 e. The molecule has 5 nitrogen and oxygen atoms in total. The van der Waals surface area contributed by atoms with Gasteiger partial charge in [0, 0.05) is 26.7 Å². The average molecular weight is 269 g/mol. The van der Waals surface area contributed by atoms with Gasteiger partial charge >= 0.3 is 0 Å².